The van der Waals surface area contributed by atoms with E-state index in [2.05, 4.69) is 5.32 Å². The van der Waals surface area contributed by atoms with E-state index in [1.165, 1.54) is 6.07 Å². The van der Waals surface area contributed by atoms with Crippen LogP contribution in [-0.4, -0.2) is 20.2 Å². The molecule has 1 saturated heterocycles. The maximum Gasteiger partial charge on any atom is 0.130 e. The summed E-state index contributed by atoms with van der Waals surface area (Å²) in [5.41, 5.74) is 0.831. The van der Waals surface area contributed by atoms with Crippen molar-refractivity contribution in [1.82, 2.24) is 5.32 Å². The quantitative estimate of drug-likeness (QED) is 0.807. The highest BCUT2D eigenvalue weighted by molar-refractivity contribution is 5.31. The van der Waals surface area contributed by atoms with Crippen LogP contribution in [0.3, 0.4) is 0 Å². The van der Waals surface area contributed by atoms with Crippen LogP contribution in [0.4, 0.5) is 4.39 Å². The Morgan fingerprint density at radius 1 is 1.33 bits per heavy atom. The van der Waals surface area contributed by atoms with E-state index in [1.54, 1.807) is 7.11 Å². The molecule has 1 aliphatic heterocycles. The van der Waals surface area contributed by atoms with Crippen molar-refractivity contribution in [3.63, 3.8) is 0 Å². The molecule has 1 aliphatic rings. The molecule has 82 valence electrons. The van der Waals surface area contributed by atoms with Gasteiger partial charge in [-0.15, -0.1) is 0 Å². The molecule has 0 radical (unpaired) electrons. The molecule has 0 aliphatic carbocycles. The summed E-state index contributed by atoms with van der Waals surface area (Å²) in [6.07, 6.45) is 2.03. The molecular weight excluding hydrogens is 193 g/mol. The van der Waals surface area contributed by atoms with Crippen molar-refractivity contribution in [2.24, 2.45) is 0 Å². The van der Waals surface area contributed by atoms with E-state index in [1.807, 2.05) is 12.1 Å². The van der Waals surface area contributed by atoms with Crippen LogP contribution in [0, 0.1) is 5.82 Å². The normalized spacial score (nSPS) is 17.7. The summed E-state index contributed by atoms with van der Waals surface area (Å²) in [5, 5.41) is 3.28. The van der Waals surface area contributed by atoms with Gasteiger partial charge in [0.15, 0.2) is 0 Å². The van der Waals surface area contributed by atoms with Crippen molar-refractivity contribution in [3.05, 3.63) is 29.6 Å². The molecule has 2 rings (SSSR count). The fraction of sp³-hybridized carbons (Fsp3) is 0.500. The highest BCUT2D eigenvalue weighted by atomic mass is 19.1. The molecule has 1 heterocycles. The molecular formula is C12H16FNO. The van der Waals surface area contributed by atoms with Crippen LogP contribution >= 0.6 is 0 Å². The Labute approximate surface area is 89.4 Å². The predicted molar refractivity (Wildman–Crippen MR) is 57.8 cm³/mol. The zero-order valence-electron chi connectivity index (χ0n) is 8.92. The lowest BCUT2D eigenvalue weighted by Crippen LogP contribution is -2.27. The average Bonchev–Trinajstić information content (AvgIpc) is 2.30. The predicted octanol–water partition coefficient (Wildman–Crippen LogP) is 2.30. The number of halogens is 1. The van der Waals surface area contributed by atoms with Crippen LogP contribution in [0.5, 0.6) is 5.75 Å². The van der Waals surface area contributed by atoms with Crippen molar-refractivity contribution in [2.75, 3.05) is 20.2 Å². The van der Waals surface area contributed by atoms with Gasteiger partial charge in [-0.2, -0.15) is 0 Å². The number of ether oxygens (including phenoxy) is 1. The highest BCUT2D eigenvalue weighted by Gasteiger charge is 2.18. The molecule has 0 bridgehead atoms. The van der Waals surface area contributed by atoms with Crippen molar-refractivity contribution in [3.8, 4) is 5.75 Å². The van der Waals surface area contributed by atoms with E-state index in [4.69, 9.17) is 4.74 Å². The third kappa shape index (κ3) is 2.29. The van der Waals surface area contributed by atoms with Gasteiger partial charge in [-0.1, -0.05) is 6.07 Å². The van der Waals surface area contributed by atoms with Crippen LogP contribution < -0.4 is 10.1 Å². The maximum absolute atomic E-state index is 13.7. The molecule has 0 unspecified atom stereocenters. The standard InChI is InChI=1S/C12H16FNO/c1-15-10-2-3-11(12(13)8-10)9-4-6-14-7-5-9/h2-3,8-9,14H,4-7H2,1H3. The number of benzene rings is 1. The first-order valence-electron chi connectivity index (χ1n) is 5.35. The van der Waals surface area contributed by atoms with E-state index in [-0.39, 0.29) is 5.82 Å². The summed E-state index contributed by atoms with van der Waals surface area (Å²) >= 11 is 0. The molecule has 15 heavy (non-hydrogen) atoms. The molecule has 0 spiro atoms. The smallest absolute Gasteiger partial charge is 0.130 e. The molecule has 0 atom stereocenters. The maximum atomic E-state index is 13.7. The first-order valence-corrected chi connectivity index (χ1v) is 5.35. The largest absolute Gasteiger partial charge is 0.497 e. The summed E-state index contributed by atoms with van der Waals surface area (Å²) in [7, 11) is 1.55. The number of hydrogen-bond donors (Lipinski definition) is 1. The van der Waals surface area contributed by atoms with E-state index in [0.717, 1.165) is 31.5 Å². The molecule has 2 nitrogen and oxygen atoms in total. The van der Waals surface area contributed by atoms with Crippen LogP contribution in [0.25, 0.3) is 0 Å². The minimum absolute atomic E-state index is 0.138. The van der Waals surface area contributed by atoms with Gasteiger partial charge in [0.25, 0.3) is 0 Å². The zero-order valence-corrected chi connectivity index (χ0v) is 8.92. The summed E-state index contributed by atoms with van der Waals surface area (Å²) in [6.45, 7) is 1.96. The Balaban J connectivity index is 2.19. The van der Waals surface area contributed by atoms with E-state index in [9.17, 15) is 4.39 Å². The number of hydrogen-bond acceptors (Lipinski definition) is 2. The molecule has 0 saturated carbocycles. The minimum Gasteiger partial charge on any atom is -0.497 e. The third-order valence-electron chi connectivity index (χ3n) is 2.99. The third-order valence-corrected chi connectivity index (χ3v) is 2.99. The Morgan fingerprint density at radius 2 is 2.07 bits per heavy atom. The van der Waals surface area contributed by atoms with Gasteiger partial charge in [-0.05, 0) is 43.5 Å². The number of nitrogens with one attached hydrogen (secondary N) is 1. The van der Waals surface area contributed by atoms with Crippen molar-refractivity contribution >= 4 is 0 Å². The lowest BCUT2D eigenvalue weighted by Gasteiger charge is -2.23. The van der Waals surface area contributed by atoms with Crippen LogP contribution in [0.2, 0.25) is 0 Å². The van der Waals surface area contributed by atoms with Crippen molar-refractivity contribution in [1.29, 1.82) is 0 Å². The Hall–Kier alpha value is -1.09. The fourth-order valence-corrected chi connectivity index (χ4v) is 2.10. The van der Waals surface area contributed by atoms with Gasteiger partial charge in [-0.3, -0.25) is 0 Å². The summed E-state index contributed by atoms with van der Waals surface area (Å²) in [5.74, 6) is 0.809. The number of piperidine rings is 1. The molecule has 1 aromatic carbocycles. The Bertz CT molecular complexity index is 334. The molecule has 1 N–H and O–H groups in total. The molecule has 1 fully saturated rings. The summed E-state index contributed by atoms with van der Waals surface area (Å²) < 4.78 is 18.7. The second-order valence-corrected chi connectivity index (χ2v) is 3.91. The number of rotatable bonds is 2. The summed E-state index contributed by atoms with van der Waals surface area (Å²) in [4.78, 5) is 0. The van der Waals surface area contributed by atoms with E-state index in [0.29, 0.717) is 11.7 Å². The molecule has 3 heteroatoms. The highest BCUT2D eigenvalue weighted by Crippen LogP contribution is 2.29. The second kappa shape index (κ2) is 4.62. The Kier molecular flexibility index (Phi) is 3.21. The van der Waals surface area contributed by atoms with Gasteiger partial charge in [0.05, 0.1) is 7.11 Å². The minimum atomic E-state index is -0.138. The molecule has 0 amide bonds. The van der Waals surface area contributed by atoms with Crippen LogP contribution in [0.15, 0.2) is 18.2 Å². The van der Waals surface area contributed by atoms with E-state index < -0.39 is 0 Å². The summed E-state index contributed by atoms with van der Waals surface area (Å²) in [6, 6.07) is 5.15. The zero-order chi connectivity index (χ0) is 10.7. The number of methoxy groups -OCH3 is 1. The van der Waals surface area contributed by atoms with Gasteiger partial charge >= 0.3 is 0 Å². The van der Waals surface area contributed by atoms with Gasteiger partial charge in [-0.25, -0.2) is 4.39 Å². The molecule has 1 aromatic rings. The fourth-order valence-electron chi connectivity index (χ4n) is 2.10. The second-order valence-electron chi connectivity index (χ2n) is 3.91. The van der Waals surface area contributed by atoms with Gasteiger partial charge in [0.1, 0.15) is 11.6 Å². The Morgan fingerprint density at radius 3 is 2.67 bits per heavy atom. The van der Waals surface area contributed by atoms with Gasteiger partial charge in [0.2, 0.25) is 0 Å². The lowest BCUT2D eigenvalue weighted by atomic mass is 9.90. The first kappa shape index (κ1) is 10.4. The van der Waals surface area contributed by atoms with Crippen LogP contribution in [-0.2, 0) is 0 Å². The molecule has 0 aromatic heterocycles. The van der Waals surface area contributed by atoms with E-state index >= 15 is 0 Å². The monoisotopic (exact) mass is 209 g/mol. The van der Waals surface area contributed by atoms with Crippen molar-refractivity contribution < 1.29 is 9.13 Å². The average molecular weight is 209 g/mol. The topological polar surface area (TPSA) is 21.3 Å². The first-order chi connectivity index (χ1) is 7.31. The van der Waals surface area contributed by atoms with Gasteiger partial charge in [0, 0.05) is 6.07 Å². The lowest BCUT2D eigenvalue weighted by molar-refractivity contribution is 0.407. The SMILES string of the molecule is COc1ccc(C2CCNCC2)c(F)c1. The van der Waals surface area contributed by atoms with Crippen molar-refractivity contribution in [2.45, 2.75) is 18.8 Å². The van der Waals surface area contributed by atoms with Gasteiger partial charge < -0.3 is 10.1 Å². The van der Waals surface area contributed by atoms with Crippen LogP contribution in [0.1, 0.15) is 24.3 Å².